The van der Waals surface area contributed by atoms with Gasteiger partial charge >= 0.3 is 0 Å². The molecule has 4 nitrogen and oxygen atoms in total. The number of amides is 1. The Morgan fingerprint density at radius 1 is 1.30 bits per heavy atom. The van der Waals surface area contributed by atoms with Gasteiger partial charge in [0.25, 0.3) is 0 Å². The van der Waals surface area contributed by atoms with Crippen molar-refractivity contribution in [2.24, 2.45) is 0 Å². The largest absolute Gasteiger partial charge is 0.490 e. The summed E-state index contributed by atoms with van der Waals surface area (Å²) in [6, 6.07) is 10.4. The molecular formula is C17H21FN2O2S. The number of hydrogen-bond donors (Lipinski definition) is 1. The summed E-state index contributed by atoms with van der Waals surface area (Å²) in [7, 11) is 3.97. The van der Waals surface area contributed by atoms with Crippen LogP contribution in [0.2, 0.25) is 0 Å². The summed E-state index contributed by atoms with van der Waals surface area (Å²) in [4.78, 5) is 15.2. The summed E-state index contributed by atoms with van der Waals surface area (Å²) in [5.41, 5.74) is 0. The summed E-state index contributed by atoms with van der Waals surface area (Å²) in [6.45, 7) is 0.685. The molecule has 1 N–H and O–H groups in total. The van der Waals surface area contributed by atoms with Gasteiger partial charge in [0.2, 0.25) is 5.91 Å². The number of benzene rings is 1. The third-order valence-corrected chi connectivity index (χ3v) is 4.38. The van der Waals surface area contributed by atoms with Gasteiger partial charge in [0, 0.05) is 11.4 Å². The fraction of sp³-hybridized carbons (Fsp3) is 0.353. The molecule has 0 fully saturated rings. The molecule has 0 bridgehead atoms. The van der Waals surface area contributed by atoms with Crippen molar-refractivity contribution >= 4 is 17.2 Å². The number of halogens is 1. The van der Waals surface area contributed by atoms with Crippen LogP contribution in [-0.2, 0) is 4.79 Å². The maximum Gasteiger partial charge on any atom is 0.223 e. The maximum absolute atomic E-state index is 13.4. The molecule has 0 aliphatic heterocycles. The summed E-state index contributed by atoms with van der Waals surface area (Å²) < 4.78 is 18.7. The fourth-order valence-electron chi connectivity index (χ4n) is 2.13. The molecule has 1 aromatic heterocycles. The van der Waals surface area contributed by atoms with E-state index in [0.29, 0.717) is 6.54 Å². The van der Waals surface area contributed by atoms with E-state index in [2.05, 4.69) is 16.3 Å². The molecule has 0 saturated carbocycles. The van der Waals surface area contributed by atoms with Gasteiger partial charge in [-0.15, -0.1) is 11.3 Å². The first-order valence-corrected chi connectivity index (χ1v) is 8.29. The van der Waals surface area contributed by atoms with Crippen molar-refractivity contribution < 1.29 is 13.9 Å². The minimum Gasteiger partial charge on any atom is -0.490 e. The molecule has 0 aliphatic carbocycles. The fourth-order valence-corrected chi connectivity index (χ4v) is 3.06. The number of nitrogens with one attached hydrogen (secondary N) is 1. The summed E-state index contributed by atoms with van der Waals surface area (Å²) in [5.74, 6) is -0.354. The summed E-state index contributed by atoms with van der Waals surface area (Å²) >= 11 is 1.67. The van der Waals surface area contributed by atoms with Crippen LogP contribution in [0.5, 0.6) is 5.75 Å². The Kier molecular flexibility index (Phi) is 6.55. The monoisotopic (exact) mass is 336 g/mol. The number of nitrogens with zero attached hydrogens (tertiary/aromatic N) is 1. The van der Waals surface area contributed by atoms with E-state index < -0.39 is 5.82 Å². The van der Waals surface area contributed by atoms with Gasteiger partial charge in [-0.25, -0.2) is 4.39 Å². The SMILES string of the molecule is CN(C)C(CNC(=O)CCOc1ccccc1F)c1cccs1. The number of rotatable bonds is 8. The molecule has 0 saturated heterocycles. The third kappa shape index (κ3) is 5.33. The third-order valence-electron chi connectivity index (χ3n) is 3.41. The first-order valence-electron chi connectivity index (χ1n) is 7.42. The Morgan fingerprint density at radius 2 is 2.09 bits per heavy atom. The molecule has 0 spiro atoms. The van der Waals surface area contributed by atoms with Gasteiger partial charge in [-0.05, 0) is 37.7 Å². The molecule has 0 aliphatic rings. The van der Waals surface area contributed by atoms with Crippen LogP contribution in [-0.4, -0.2) is 38.1 Å². The second kappa shape index (κ2) is 8.64. The summed E-state index contributed by atoms with van der Waals surface area (Å²) in [5, 5.41) is 4.93. The zero-order chi connectivity index (χ0) is 16.7. The van der Waals surface area contributed by atoms with E-state index in [0.717, 1.165) is 0 Å². The number of carbonyl (C=O) groups is 1. The minimum absolute atomic E-state index is 0.107. The van der Waals surface area contributed by atoms with Crippen LogP contribution < -0.4 is 10.1 Å². The standard InChI is InChI=1S/C17H21FN2O2S/c1-20(2)14(16-8-5-11-23-16)12-19-17(21)9-10-22-15-7-4-3-6-13(15)18/h3-8,11,14H,9-10,12H2,1-2H3,(H,19,21). The zero-order valence-electron chi connectivity index (χ0n) is 13.3. The molecule has 0 radical (unpaired) electrons. The van der Waals surface area contributed by atoms with Crippen molar-refractivity contribution in [3.63, 3.8) is 0 Å². The minimum atomic E-state index is -0.418. The first kappa shape index (κ1) is 17.4. The molecule has 1 aromatic carbocycles. The highest BCUT2D eigenvalue weighted by molar-refractivity contribution is 7.10. The Labute approximate surface area is 139 Å². The van der Waals surface area contributed by atoms with E-state index in [1.54, 1.807) is 29.5 Å². The van der Waals surface area contributed by atoms with E-state index in [9.17, 15) is 9.18 Å². The van der Waals surface area contributed by atoms with Crippen LogP contribution in [0.3, 0.4) is 0 Å². The molecule has 1 amide bonds. The molecule has 1 heterocycles. The van der Waals surface area contributed by atoms with Crippen LogP contribution in [0.25, 0.3) is 0 Å². The van der Waals surface area contributed by atoms with Gasteiger partial charge in [-0.1, -0.05) is 18.2 Å². The molecule has 1 unspecified atom stereocenters. The van der Waals surface area contributed by atoms with Gasteiger partial charge in [-0.2, -0.15) is 0 Å². The van der Waals surface area contributed by atoms with Crippen LogP contribution in [0.1, 0.15) is 17.3 Å². The highest BCUT2D eigenvalue weighted by Gasteiger charge is 2.16. The highest BCUT2D eigenvalue weighted by atomic mass is 32.1. The molecule has 124 valence electrons. The molecule has 6 heteroatoms. The number of thiophene rings is 1. The lowest BCUT2D eigenvalue weighted by Gasteiger charge is -2.23. The van der Waals surface area contributed by atoms with E-state index in [1.807, 2.05) is 25.5 Å². The Morgan fingerprint density at radius 3 is 2.74 bits per heavy atom. The van der Waals surface area contributed by atoms with Crippen LogP contribution in [0.4, 0.5) is 4.39 Å². The average Bonchev–Trinajstić information content (AvgIpc) is 3.03. The van der Waals surface area contributed by atoms with Crippen molar-refractivity contribution in [1.82, 2.24) is 10.2 Å². The number of carbonyl (C=O) groups excluding carboxylic acids is 1. The van der Waals surface area contributed by atoms with E-state index in [4.69, 9.17) is 4.74 Å². The Balaban J connectivity index is 1.75. The van der Waals surface area contributed by atoms with Gasteiger partial charge in [-0.3, -0.25) is 4.79 Å². The number of ether oxygens (including phenoxy) is 1. The first-order chi connectivity index (χ1) is 11.1. The molecular weight excluding hydrogens is 315 g/mol. The Bertz CT molecular complexity index is 617. The normalized spacial score (nSPS) is 12.2. The molecule has 1 atom stereocenters. The Hall–Kier alpha value is -1.92. The van der Waals surface area contributed by atoms with Gasteiger partial charge < -0.3 is 15.0 Å². The second-order valence-electron chi connectivity index (χ2n) is 5.33. The van der Waals surface area contributed by atoms with Gasteiger partial charge in [0.15, 0.2) is 11.6 Å². The lowest BCUT2D eigenvalue weighted by Crippen LogP contribution is -2.34. The van der Waals surface area contributed by atoms with Crippen molar-refractivity contribution in [3.05, 3.63) is 52.5 Å². The topological polar surface area (TPSA) is 41.6 Å². The molecule has 2 rings (SSSR count). The van der Waals surface area contributed by atoms with Crippen molar-refractivity contribution in [2.45, 2.75) is 12.5 Å². The lowest BCUT2D eigenvalue weighted by molar-refractivity contribution is -0.121. The smallest absolute Gasteiger partial charge is 0.223 e. The van der Waals surface area contributed by atoms with Crippen LogP contribution >= 0.6 is 11.3 Å². The van der Waals surface area contributed by atoms with Crippen LogP contribution in [0, 0.1) is 5.82 Å². The summed E-state index contributed by atoms with van der Waals surface area (Å²) in [6.07, 6.45) is 0.193. The predicted molar refractivity (Wildman–Crippen MR) is 90.3 cm³/mol. The number of para-hydroxylation sites is 1. The van der Waals surface area contributed by atoms with Gasteiger partial charge in [0.1, 0.15) is 0 Å². The van der Waals surface area contributed by atoms with E-state index in [1.165, 1.54) is 10.9 Å². The van der Waals surface area contributed by atoms with Crippen molar-refractivity contribution in [1.29, 1.82) is 0 Å². The van der Waals surface area contributed by atoms with E-state index in [-0.39, 0.29) is 30.7 Å². The van der Waals surface area contributed by atoms with Gasteiger partial charge in [0.05, 0.1) is 19.1 Å². The number of likely N-dealkylation sites (N-methyl/N-ethyl adjacent to an activating group) is 1. The lowest BCUT2D eigenvalue weighted by atomic mass is 10.2. The molecule has 23 heavy (non-hydrogen) atoms. The zero-order valence-corrected chi connectivity index (χ0v) is 14.1. The predicted octanol–water partition coefficient (Wildman–Crippen LogP) is 3.08. The second-order valence-corrected chi connectivity index (χ2v) is 6.31. The van der Waals surface area contributed by atoms with Crippen molar-refractivity contribution in [3.8, 4) is 5.75 Å². The highest BCUT2D eigenvalue weighted by Crippen LogP contribution is 2.22. The number of hydrogen-bond acceptors (Lipinski definition) is 4. The molecule has 2 aromatic rings. The maximum atomic E-state index is 13.4. The quantitative estimate of drug-likeness (QED) is 0.805. The average molecular weight is 336 g/mol. The van der Waals surface area contributed by atoms with Crippen LogP contribution in [0.15, 0.2) is 41.8 Å². The van der Waals surface area contributed by atoms with E-state index >= 15 is 0 Å². The van der Waals surface area contributed by atoms with Crippen molar-refractivity contribution in [2.75, 3.05) is 27.2 Å².